The summed E-state index contributed by atoms with van der Waals surface area (Å²) in [5.74, 6) is 1.02. The second-order valence-corrected chi connectivity index (χ2v) is 6.07. The molecule has 1 N–H and O–H groups in total. The van der Waals surface area contributed by atoms with E-state index < -0.39 is 0 Å². The lowest BCUT2D eigenvalue weighted by Crippen LogP contribution is -2.18. The average molecular weight is 336 g/mol. The van der Waals surface area contributed by atoms with Crippen LogP contribution in [0.1, 0.15) is 18.1 Å². The number of aryl methyl sites for hydroxylation is 2. The topological polar surface area (TPSA) is 68.9 Å². The van der Waals surface area contributed by atoms with Crippen molar-refractivity contribution < 1.29 is 4.79 Å². The quantitative estimate of drug-likeness (QED) is 0.796. The summed E-state index contributed by atoms with van der Waals surface area (Å²) < 4.78 is 3.52. The molecule has 0 aliphatic carbocycles. The van der Waals surface area contributed by atoms with Gasteiger partial charge in [0.2, 0.25) is 5.91 Å². The molecule has 6 heteroatoms. The molecule has 0 radical (unpaired) electrons. The minimum Gasteiger partial charge on any atom is -0.324 e. The van der Waals surface area contributed by atoms with E-state index in [0.717, 1.165) is 11.1 Å². The van der Waals surface area contributed by atoms with Crippen LogP contribution < -0.4 is 10.9 Å². The second kappa shape index (κ2) is 6.76. The molecule has 3 aromatic rings. The number of carbonyl (C=O) groups excluding carboxylic acids is 1. The highest BCUT2D eigenvalue weighted by molar-refractivity contribution is 5.87. The highest BCUT2D eigenvalue weighted by Crippen LogP contribution is 2.22. The maximum Gasteiger partial charge on any atom is 0.253 e. The van der Waals surface area contributed by atoms with Crippen LogP contribution in [0.4, 0.5) is 5.82 Å². The Labute approximate surface area is 145 Å². The molecule has 0 bridgehead atoms. The van der Waals surface area contributed by atoms with E-state index in [9.17, 15) is 9.59 Å². The molecule has 1 amide bonds. The fourth-order valence-corrected chi connectivity index (χ4v) is 2.79. The third kappa shape index (κ3) is 3.68. The largest absolute Gasteiger partial charge is 0.324 e. The van der Waals surface area contributed by atoms with Gasteiger partial charge in [-0.15, -0.1) is 0 Å². The summed E-state index contributed by atoms with van der Waals surface area (Å²) in [6, 6.07) is 11.8. The molecule has 0 saturated heterocycles. The summed E-state index contributed by atoms with van der Waals surface area (Å²) in [5, 5.41) is 2.72. The Balaban J connectivity index is 2.09. The molecule has 0 unspecified atom stereocenters. The molecule has 0 aliphatic heterocycles. The van der Waals surface area contributed by atoms with Gasteiger partial charge in [-0.25, -0.2) is 4.98 Å². The molecule has 2 heterocycles. The highest BCUT2D eigenvalue weighted by Gasteiger charge is 2.13. The van der Waals surface area contributed by atoms with Crippen molar-refractivity contribution in [2.45, 2.75) is 20.4 Å². The summed E-state index contributed by atoms with van der Waals surface area (Å²) in [5.41, 5.74) is 2.56. The van der Waals surface area contributed by atoms with E-state index >= 15 is 0 Å². The summed E-state index contributed by atoms with van der Waals surface area (Å²) in [4.78, 5) is 27.9. The first-order valence-electron chi connectivity index (χ1n) is 8.00. The molecule has 0 saturated carbocycles. The molecular weight excluding hydrogens is 316 g/mol. The fourth-order valence-electron chi connectivity index (χ4n) is 2.79. The Morgan fingerprint density at radius 2 is 1.92 bits per heavy atom. The molecule has 0 atom stereocenters. The van der Waals surface area contributed by atoms with Crippen molar-refractivity contribution in [1.82, 2.24) is 14.1 Å². The number of amides is 1. The van der Waals surface area contributed by atoms with Crippen LogP contribution in [-0.2, 0) is 18.4 Å². The summed E-state index contributed by atoms with van der Waals surface area (Å²) in [6.45, 7) is 3.85. The Kier molecular flexibility index (Phi) is 4.52. The van der Waals surface area contributed by atoms with Crippen LogP contribution in [0, 0.1) is 6.92 Å². The zero-order valence-corrected chi connectivity index (χ0v) is 14.5. The number of aromatic nitrogens is 3. The summed E-state index contributed by atoms with van der Waals surface area (Å²) in [7, 11) is 1.72. The second-order valence-electron chi connectivity index (χ2n) is 6.07. The number of hydrogen-bond donors (Lipinski definition) is 1. The molecule has 0 fully saturated rings. The van der Waals surface area contributed by atoms with E-state index in [1.165, 1.54) is 6.92 Å². The molecule has 0 spiro atoms. The molecule has 0 aliphatic rings. The molecule has 25 heavy (non-hydrogen) atoms. The normalized spacial score (nSPS) is 10.7. The number of nitrogens with zero attached hydrogens (tertiary/aromatic N) is 3. The van der Waals surface area contributed by atoms with E-state index in [4.69, 9.17) is 0 Å². The van der Waals surface area contributed by atoms with Crippen molar-refractivity contribution in [2.75, 3.05) is 5.32 Å². The van der Waals surface area contributed by atoms with E-state index in [1.54, 1.807) is 24.7 Å². The number of carbonyl (C=O) groups is 1. The molecule has 3 rings (SSSR count). The van der Waals surface area contributed by atoms with Gasteiger partial charge in [0.1, 0.15) is 5.82 Å². The van der Waals surface area contributed by atoms with Crippen molar-refractivity contribution >= 4 is 11.7 Å². The number of imidazole rings is 1. The highest BCUT2D eigenvalue weighted by atomic mass is 16.1. The van der Waals surface area contributed by atoms with Crippen molar-refractivity contribution in [1.29, 1.82) is 0 Å². The SMILES string of the molecule is CC(=O)Nc1cn(Cc2ccccc2)c(-c2cc(C)c(=O)n(C)c2)n1. The zero-order valence-electron chi connectivity index (χ0n) is 14.5. The predicted octanol–water partition coefficient (Wildman–Crippen LogP) is 2.56. The van der Waals surface area contributed by atoms with E-state index in [1.807, 2.05) is 47.2 Å². The lowest BCUT2D eigenvalue weighted by Gasteiger charge is -2.09. The Morgan fingerprint density at radius 1 is 1.20 bits per heavy atom. The smallest absolute Gasteiger partial charge is 0.253 e. The lowest BCUT2D eigenvalue weighted by atomic mass is 10.2. The Bertz CT molecular complexity index is 945. The summed E-state index contributed by atoms with van der Waals surface area (Å²) >= 11 is 0. The van der Waals surface area contributed by atoms with Crippen LogP contribution in [0.15, 0.2) is 53.6 Å². The lowest BCUT2D eigenvalue weighted by molar-refractivity contribution is -0.114. The standard InChI is InChI=1S/C19H20N4O2/c1-13-9-16(11-22(3)19(13)25)18-21-17(20-14(2)24)12-23(18)10-15-7-5-4-6-8-15/h4-9,11-12H,10H2,1-3H3,(H,20,24). The van der Waals surface area contributed by atoms with E-state index in [0.29, 0.717) is 23.8 Å². The minimum absolute atomic E-state index is 0.0352. The molecule has 6 nitrogen and oxygen atoms in total. The van der Waals surface area contributed by atoms with Gasteiger partial charge in [-0.05, 0) is 18.6 Å². The fraction of sp³-hybridized carbons (Fsp3) is 0.211. The van der Waals surface area contributed by atoms with Crippen LogP contribution in [0.3, 0.4) is 0 Å². The van der Waals surface area contributed by atoms with Gasteiger partial charge in [0.15, 0.2) is 5.82 Å². The van der Waals surface area contributed by atoms with E-state index in [-0.39, 0.29) is 11.5 Å². The average Bonchev–Trinajstić information content (AvgIpc) is 2.94. The van der Waals surface area contributed by atoms with E-state index in [2.05, 4.69) is 10.3 Å². The van der Waals surface area contributed by atoms with Gasteiger partial charge in [0, 0.05) is 44.0 Å². The van der Waals surface area contributed by atoms with Gasteiger partial charge in [-0.2, -0.15) is 0 Å². The maximum absolute atomic E-state index is 12.0. The number of pyridine rings is 1. The Morgan fingerprint density at radius 3 is 2.56 bits per heavy atom. The third-order valence-corrected chi connectivity index (χ3v) is 3.90. The van der Waals surface area contributed by atoms with Gasteiger partial charge in [-0.3, -0.25) is 9.59 Å². The van der Waals surface area contributed by atoms with Crippen molar-refractivity contribution in [3.05, 3.63) is 70.3 Å². The van der Waals surface area contributed by atoms with Crippen LogP contribution in [0.25, 0.3) is 11.4 Å². The first-order chi connectivity index (χ1) is 11.9. The number of rotatable bonds is 4. The van der Waals surface area contributed by atoms with Crippen LogP contribution >= 0.6 is 0 Å². The van der Waals surface area contributed by atoms with Gasteiger partial charge in [0.25, 0.3) is 5.56 Å². The minimum atomic E-state index is -0.174. The van der Waals surface area contributed by atoms with Gasteiger partial charge in [-0.1, -0.05) is 30.3 Å². The van der Waals surface area contributed by atoms with Crippen LogP contribution in [-0.4, -0.2) is 20.0 Å². The van der Waals surface area contributed by atoms with Crippen LogP contribution in [0.2, 0.25) is 0 Å². The van der Waals surface area contributed by atoms with Crippen molar-refractivity contribution in [3.8, 4) is 11.4 Å². The van der Waals surface area contributed by atoms with Crippen molar-refractivity contribution in [3.63, 3.8) is 0 Å². The summed E-state index contributed by atoms with van der Waals surface area (Å²) in [6.07, 6.45) is 3.57. The van der Waals surface area contributed by atoms with Crippen LogP contribution in [0.5, 0.6) is 0 Å². The van der Waals surface area contributed by atoms with Gasteiger partial charge >= 0.3 is 0 Å². The zero-order chi connectivity index (χ0) is 18.0. The maximum atomic E-state index is 12.0. The van der Waals surface area contributed by atoms with Gasteiger partial charge in [0.05, 0.1) is 0 Å². The predicted molar refractivity (Wildman–Crippen MR) is 97.5 cm³/mol. The first kappa shape index (κ1) is 16.7. The monoisotopic (exact) mass is 336 g/mol. The Hall–Kier alpha value is -3.15. The number of nitrogens with one attached hydrogen (secondary N) is 1. The van der Waals surface area contributed by atoms with Crippen molar-refractivity contribution in [2.24, 2.45) is 7.05 Å². The molecular formula is C19H20N4O2. The third-order valence-electron chi connectivity index (χ3n) is 3.90. The first-order valence-corrected chi connectivity index (χ1v) is 8.00. The number of hydrogen-bond acceptors (Lipinski definition) is 3. The molecule has 1 aromatic carbocycles. The van der Waals surface area contributed by atoms with Gasteiger partial charge < -0.3 is 14.5 Å². The number of anilines is 1. The molecule has 128 valence electrons. The molecule has 2 aromatic heterocycles. The number of benzene rings is 1.